The van der Waals surface area contributed by atoms with Gasteiger partial charge in [0.05, 0.1) is 0 Å². The molecule has 5 aliphatic carbocycles. The van der Waals surface area contributed by atoms with Crippen molar-refractivity contribution in [2.75, 3.05) is 0 Å². The van der Waals surface area contributed by atoms with Gasteiger partial charge in [0.15, 0.2) is 0 Å². The number of fused-ring (bicyclic) bond motifs is 1. The van der Waals surface area contributed by atoms with Crippen LogP contribution in [-0.4, -0.2) is 5.11 Å². The Morgan fingerprint density at radius 2 is 2.09 bits per heavy atom. The van der Waals surface area contributed by atoms with Crippen molar-refractivity contribution in [3.8, 4) is 5.75 Å². The van der Waals surface area contributed by atoms with E-state index in [9.17, 15) is 5.11 Å². The summed E-state index contributed by atoms with van der Waals surface area (Å²) < 4.78 is 0. The van der Waals surface area contributed by atoms with E-state index in [1.807, 2.05) is 12.1 Å². The first-order valence-corrected chi connectivity index (χ1v) is 9.00. The van der Waals surface area contributed by atoms with Crippen molar-refractivity contribution in [2.24, 2.45) is 22.2 Å². The number of hydrogen-bond donors (Lipinski definition) is 1. The van der Waals surface area contributed by atoms with Gasteiger partial charge in [-0.3, -0.25) is 0 Å². The largest absolute Gasteiger partial charge is 0.508 e. The van der Waals surface area contributed by atoms with E-state index in [1.54, 1.807) is 11.1 Å². The van der Waals surface area contributed by atoms with Crippen LogP contribution in [0.1, 0.15) is 56.6 Å². The Kier molecular flexibility index (Phi) is 1.69. The highest BCUT2D eigenvalue weighted by Crippen LogP contribution is 2.95. The summed E-state index contributed by atoms with van der Waals surface area (Å²) in [5, 5.41) is 9.85. The number of aryl methyl sites for hydroxylation is 1. The SMILES string of the molecule is C=C1C[C@@H]2CC23C24CCc5cc(O)ccc5C2(CC[C@]13C)C4. The fourth-order valence-corrected chi connectivity index (χ4v) is 8.09. The maximum absolute atomic E-state index is 9.85. The Hall–Kier alpha value is -1.24. The maximum Gasteiger partial charge on any atom is 0.115 e. The summed E-state index contributed by atoms with van der Waals surface area (Å²) in [4.78, 5) is 0. The minimum absolute atomic E-state index is 0.423. The molecule has 6 rings (SSSR count). The lowest BCUT2D eigenvalue weighted by molar-refractivity contribution is 0.0360. The predicted molar refractivity (Wildman–Crippen MR) is 86.8 cm³/mol. The van der Waals surface area contributed by atoms with E-state index in [0.717, 1.165) is 5.92 Å². The molecule has 0 saturated heterocycles. The molecular weight excluding hydrogens is 268 g/mol. The third-order valence-corrected chi connectivity index (χ3v) is 9.09. The Morgan fingerprint density at radius 3 is 2.95 bits per heavy atom. The lowest BCUT2D eigenvalue weighted by Crippen LogP contribution is -2.46. The number of rotatable bonds is 0. The molecule has 0 amide bonds. The van der Waals surface area contributed by atoms with Gasteiger partial charge in [0.2, 0.25) is 0 Å². The molecule has 0 radical (unpaired) electrons. The molecule has 5 aliphatic rings. The van der Waals surface area contributed by atoms with Gasteiger partial charge in [-0.05, 0) is 90.4 Å². The van der Waals surface area contributed by atoms with Gasteiger partial charge in [0.25, 0.3) is 0 Å². The van der Waals surface area contributed by atoms with Crippen LogP contribution in [0.5, 0.6) is 5.75 Å². The van der Waals surface area contributed by atoms with Crippen LogP contribution in [0.4, 0.5) is 0 Å². The molecule has 3 unspecified atom stereocenters. The fourth-order valence-electron chi connectivity index (χ4n) is 8.09. The monoisotopic (exact) mass is 292 g/mol. The summed E-state index contributed by atoms with van der Waals surface area (Å²) in [6.07, 6.45) is 9.39. The molecule has 1 aromatic rings. The molecule has 1 N–H and O–H groups in total. The van der Waals surface area contributed by atoms with Crippen LogP contribution in [0, 0.1) is 22.2 Å². The molecule has 1 heteroatoms. The maximum atomic E-state index is 9.85. The van der Waals surface area contributed by atoms with Gasteiger partial charge < -0.3 is 5.11 Å². The van der Waals surface area contributed by atoms with Crippen LogP contribution >= 0.6 is 0 Å². The molecule has 1 spiro atoms. The smallest absolute Gasteiger partial charge is 0.115 e. The Morgan fingerprint density at radius 1 is 1.23 bits per heavy atom. The van der Waals surface area contributed by atoms with Crippen molar-refractivity contribution in [1.29, 1.82) is 0 Å². The second-order valence-corrected chi connectivity index (χ2v) is 9.19. The molecule has 4 fully saturated rings. The quantitative estimate of drug-likeness (QED) is 0.685. The number of benzene rings is 1. The van der Waals surface area contributed by atoms with Crippen LogP contribution in [0.2, 0.25) is 0 Å². The Labute approximate surface area is 132 Å². The zero-order valence-corrected chi connectivity index (χ0v) is 13.4. The summed E-state index contributed by atoms with van der Waals surface area (Å²) in [5.41, 5.74) is 6.62. The van der Waals surface area contributed by atoms with Crippen molar-refractivity contribution >= 4 is 0 Å². The van der Waals surface area contributed by atoms with Crippen LogP contribution in [-0.2, 0) is 11.8 Å². The molecule has 114 valence electrons. The zero-order valence-electron chi connectivity index (χ0n) is 13.4. The number of phenolic OH excluding ortho intramolecular Hbond substituents is 1. The van der Waals surface area contributed by atoms with Gasteiger partial charge in [-0.2, -0.15) is 0 Å². The molecule has 1 nitrogen and oxygen atoms in total. The van der Waals surface area contributed by atoms with E-state index < -0.39 is 0 Å². The molecule has 0 aromatic heterocycles. The van der Waals surface area contributed by atoms with Gasteiger partial charge in [-0.25, -0.2) is 0 Å². The fraction of sp³-hybridized carbons (Fsp3) is 0.619. The van der Waals surface area contributed by atoms with Gasteiger partial charge in [0, 0.05) is 5.41 Å². The lowest BCUT2D eigenvalue weighted by Gasteiger charge is -2.51. The van der Waals surface area contributed by atoms with Crippen LogP contribution in [0.15, 0.2) is 30.4 Å². The molecule has 0 heterocycles. The van der Waals surface area contributed by atoms with E-state index in [-0.39, 0.29) is 0 Å². The zero-order chi connectivity index (χ0) is 15.0. The summed E-state index contributed by atoms with van der Waals surface area (Å²) in [6, 6.07) is 6.22. The standard InChI is InChI=1S/C21H24O/c1-13-9-15-11-21(15)18(13,2)7-8-19-12-20(19,21)6-5-14-10-16(22)3-4-17(14)19/h3-4,10,15,22H,1,5-9,11-12H2,2H3/t15-,18-,19?,20?,21?/m1/s1. The second-order valence-electron chi connectivity index (χ2n) is 9.19. The Balaban J connectivity index is 1.57. The minimum atomic E-state index is 0.423. The third kappa shape index (κ3) is 0.907. The van der Waals surface area contributed by atoms with E-state index in [4.69, 9.17) is 0 Å². The summed E-state index contributed by atoms with van der Waals surface area (Å²) in [7, 11) is 0. The molecule has 4 saturated carbocycles. The number of allylic oxidation sites excluding steroid dienone is 1. The average molecular weight is 292 g/mol. The third-order valence-electron chi connectivity index (χ3n) is 9.09. The minimum Gasteiger partial charge on any atom is -0.508 e. The van der Waals surface area contributed by atoms with E-state index in [2.05, 4.69) is 19.6 Å². The average Bonchev–Trinajstić information content (AvgIpc) is 3.35. The van der Waals surface area contributed by atoms with Crippen molar-refractivity contribution in [2.45, 2.75) is 57.3 Å². The predicted octanol–water partition coefficient (Wildman–Crippen LogP) is 4.73. The second kappa shape index (κ2) is 3.05. The lowest BCUT2D eigenvalue weighted by atomic mass is 9.52. The van der Waals surface area contributed by atoms with Gasteiger partial charge in [-0.15, -0.1) is 0 Å². The number of aromatic hydroxyl groups is 1. The first-order chi connectivity index (χ1) is 10.5. The van der Waals surface area contributed by atoms with Crippen LogP contribution in [0.3, 0.4) is 0 Å². The van der Waals surface area contributed by atoms with E-state index >= 15 is 0 Å². The highest BCUT2D eigenvalue weighted by Gasteiger charge is 2.90. The van der Waals surface area contributed by atoms with E-state index in [0.29, 0.717) is 27.4 Å². The topological polar surface area (TPSA) is 20.2 Å². The van der Waals surface area contributed by atoms with Gasteiger partial charge >= 0.3 is 0 Å². The first-order valence-electron chi connectivity index (χ1n) is 9.00. The molecule has 5 atom stereocenters. The summed E-state index contributed by atoms with van der Waals surface area (Å²) >= 11 is 0. The number of hydrogen-bond acceptors (Lipinski definition) is 1. The normalized spacial score (nSPS) is 53.0. The Bertz CT molecular complexity index is 763. The van der Waals surface area contributed by atoms with Crippen molar-refractivity contribution in [3.63, 3.8) is 0 Å². The first kappa shape index (κ1) is 12.2. The number of phenols is 1. The summed E-state index contributed by atoms with van der Waals surface area (Å²) in [5.74, 6) is 1.38. The van der Waals surface area contributed by atoms with Crippen molar-refractivity contribution in [1.82, 2.24) is 0 Å². The van der Waals surface area contributed by atoms with Crippen LogP contribution < -0.4 is 0 Å². The molecule has 22 heavy (non-hydrogen) atoms. The summed E-state index contributed by atoms with van der Waals surface area (Å²) in [6.45, 7) is 7.04. The van der Waals surface area contributed by atoms with Gasteiger partial charge in [0.1, 0.15) is 5.75 Å². The molecule has 1 aromatic carbocycles. The highest BCUT2D eigenvalue weighted by molar-refractivity contribution is 5.56. The molecular formula is C21H24O. The highest BCUT2D eigenvalue weighted by atomic mass is 16.3. The van der Waals surface area contributed by atoms with Crippen molar-refractivity contribution < 1.29 is 5.11 Å². The van der Waals surface area contributed by atoms with Gasteiger partial charge in [-0.1, -0.05) is 25.1 Å². The van der Waals surface area contributed by atoms with Crippen molar-refractivity contribution in [3.05, 3.63) is 41.5 Å². The molecule has 0 bridgehead atoms. The van der Waals surface area contributed by atoms with E-state index in [1.165, 1.54) is 50.5 Å². The van der Waals surface area contributed by atoms with Crippen LogP contribution in [0.25, 0.3) is 0 Å². The molecule has 0 aliphatic heterocycles.